The molecule has 92 valence electrons. The normalized spacial score (nSPS) is 10.4. The highest BCUT2D eigenvalue weighted by Gasteiger charge is 2.15. The minimum atomic E-state index is -0.445. The Morgan fingerprint density at radius 2 is 2.06 bits per heavy atom. The van der Waals surface area contributed by atoms with Crippen LogP contribution in [0.5, 0.6) is 5.75 Å². The maximum absolute atomic E-state index is 11.9. The van der Waals surface area contributed by atoms with Crippen LogP contribution in [0, 0.1) is 11.3 Å². The Labute approximate surface area is 113 Å². The number of ether oxygens (including phenoxy) is 1. The van der Waals surface area contributed by atoms with E-state index in [1.807, 2.05) is 0 Å². The molecule has 0 aliphatic heterocycles. The Bertz CT molecular complexity index is 745. The van der Waals surface area contributed by atoms with Crippen LogP contribution in [-0.4, -0.2) is 11.7 Å². The van der Waals surface area contributed by atoms with E-state index in [4.69, 9.17) is 33.2 Å². The van der Waals surface area contributed by atoms with Crippen LogP contribution in [0.3, 0.4) is 0 Å². The summed E-state index contributed by atoms with van der Waals surface area (Å²) >= 11 is 12.1. The van der Waals surface area contributed by atoms with Crippen LogP contribution >= 0.6 is 23.2 Å². The largest absolute Gasteiger partial charge is 0.495 e. The van der Waals surface area contributed by atoms with Crippen LogP contribution in [0.15, 0.2) is 16.9 Å². The maximum Gasteiger partial charge on any atom is 0.270 e. The number of hydrogen-bond acceptors (Lipinski definition) is 3. The molecule has 1 aromatic heterocycles. The molecular formula is C12H8Cl2N2O2. The van der Waals surface area contributed by atoms with Gasteiger partial charge in [-0.1, -0.05) is 23.2 Å². The van der Waals surface area contributed by atoms with Crippen molar-refractivity contribution in [1.82, 2.24) is 4.57 Å². The van der Waals surface area contributed by atoms with E-state index in [0.717, 1.165) is 0 Å². The van der Waals surface area contributed by atoms with Crippen molar-refractivity contribution >= 4 is 34.1 Å². The van der Waals surface area contributed by atoms with Gasteiger partial charge in [0, 0.05) is 18.5 Å². The zero-order valence-corrected chi connectivity index (χ0v) is 11.1. The summed E-state index contributed by atoms with van der Waals surface area (Å²) in [6.07, 6.45) is 0. The number of nitriles is 1. The number of methoxy groups -OCH3 is 1. The van der Waals surface area contributed by atoms with Gasteiger partial charge < -0.3 is 9.30 Å². The lowest BCUT2D eigenvalue weighted by molar-refractivity contribution is 0.415. The van der Waals surface area contributed by atoms with Crippen LogP contribution in [0.1, 0.15) is 5.56 Å². The topological polar surface area (TPSA) is 55.0 Å². The van der Waals surface area contributed by atoms with E-state index in [1.54, 1.807) is 25.2 Å². The molecule has 2 rings (SSSR count). The quantitative estimate of drug-likeness (QED) is 0.808. The van der Waals surface area contributed by atoms with E-state index in [0.29, 0.717) is 21.7 Å². The summed E-state index contributed by atoms with van der Waals surface area (Å²) in [5, 5.41) is 9.97. The van der Waals surface area contributed by atoms with E-state index in [9.17, 15) is 4.79 Å². The van der Waals surface area contributed by atoms with Crippen molar-refractivity contribution < 1.29 is 4.74 Å². The second kappa shape index (κ2) is 4.52. The molecule has 18 heavy (non-hydrogen) atoms. The second-order valence-electron chi connectivity index (χ2n) is 3.67. The summed E-state index contributed by atoms with van der Waals surface area (Å²) in [5.41, 5.74) is 0.0255. The minimum absolute atomic E-state index is 0.0899. The van der Waals surface area contributed by atoms with Crippen molar-refractivity contribution in [1.29, 1.82) is 5.26 Å². The molecule has 4 nitrogen and oxygen atoms in total. The highest BCUT2D eigenvalue weighted by molar-refractivity contribution is 6.38. The Balaban J connectivity index is 3.04. The molecule has 6 heteroatoms. The second-order valence-corrected chi connectivity index (χ2v) is 4.45. The number of aromatic nitrogens is 1. The fourth-order valence-corrected chi connectivity index (χ4v) is 2.27. The lowest BCUT2D eigenvalue weighted by Gasteiger charge is -2.11. The molecule has 1 aromatic carbocycles. The van der Waals surface area contributed by atoms with Gasteiger partial charge in [0.1, 0.15) is 17.4 Å². The molecular weight excluding hydrogens is 275 g/mol. The van der Waals surface area contributed by atoms with E-state index in [1.165, 1.54) is 11.7 Å². The molecule has 0 aliphatic carbocycles. The fourth-order valence-electron chi connectivity index (χ4n) is 1.75. The monoisotopic (exact) mass is 282 g/mol. The molecule has 0 N–H and O–H groups in total. The van der Waals surface area contributed by atoms with Gasteiger partial charge in [0.05, 0.1) is 22.7 Å². The van der Waals surface area contributed by atoms with Gasteiger partial charge in [0.15, 0.2) is 0 Å². The zero-order chi connectivity index (χ0) is 13.4. The lowest BCUT2D eigenvalue weighted by atomic mass is 10.1. The van der Waals surface area contributed by atoms with Crippen LogP contribution in [0.4, 0.5) is 0 Å². The van der Waals surface area contributed by atoms with Crippen molar-refractivity contribution in [3.05, 3.63) is 38.1 Å². The van der Waals surface area contributed by atoms with Crippen molar-refractivity contribution in [3.63, 3.8) is 0 Å². The molecule has 2 aromatic rings. The predicted octanol–water partition coefficient (Wildman–Crippen LogP) is 2.73. The van der Waals surface area contributed by atoms with Gasteiger partial charge in [0.2, 0.25) is 0 Å². The highest BCUT2D eigenvalue weighted by atomic mass is 35.5. The number of rotatable bonds is 1. The summed E-state index contributed by atoms with van der Waals surface area (Å²) < 4.78 is 6.43. The molecule has 0 fully saturated rings. The molecule has 0 spiro atoms. The first kappa shape index (κ1) is 12.7. The van der Waals surface area contributed by atoms with Gasteiger partial charge in [-0.05, 0) is 6.07 Å². The summed E-state index contributed by atoms with van der Waals surface area (Å²) in [5.74, 6) is 0.444. The number of aryl methyl sites for hydroxylation is 1. The average Bonchev–Trinajstić information content (AvgIpc) is 2.36. The van der Waals surface area contributed by atoms with Gasteiger partial charge in [0.25, 0.3) is 5.56 Å². The molecule has 0 atom stereocenters. The van der Waals surface area contributed by atoms with Crippen LogP contribution in [-0.2, 0) is 7.05 Å². The molecule has 0 unspecified atom stereocenters. The van der Waals surface area contributed by atoms with Crippen molar-refractivity contribution in [2.24, 2.45) is 7.05 Å². The molecule has 0 saturated carbocycles. The molecule has 0 radical (unpaired) electrons. The molecule has 1 heterocycles. The zero-order valence-electron chi connectivity index (χ0n) is 9.62. The first-order chi connectivity index (χ1) is 8.51. The minimum Gasteiger partial charge on any atom is -0.495 e. The van der Waals surface area contributed by atoms with Crippen LogP contribution in [0.2, 0.25) is 10.0 Å². The SMILES string of the molecule is COc1cc2c(cc1Cl)c(Cl)c(C#N)c(=O)n2C. The Morgan fingerprint density at radius 3 is 2.61 bits per heavy atom. The molecule has 0 bridgehead atoms. The van der Waals surface area contributed by atoms with E-state index >= 15 is 0 Å². The molecule has 0 amide bonds. The number of nitrogens with zero attached hydrogens (tertiary/aromatic N) is 2. The third-order valence-corrected chi connectivity index (χ3v) is 3.41. The van der Waals surface area contributed by atoms with Gasteiger partial charge in [-0.2, -0.15) is 5.26 Å². The molecule has 0 aliphatic rings. The van der Waals surface area contributed by atoms with Crippen LogP contribution < -0.4 is 10.3 Å². The Morgan fingerprint density at radius 1 is 1.39 bits per heavy atom. The van der Waals surface area contributed by atoms with E-state index < -0.39 is 5.56 Å². The summed E-state index contributed by atoms with van der Waals surface area (Å²) in [6, 6.07) is 5.00. The Kier molecular flexibility index (Phi) is 3.20. The van der Waals surface area contributed by atoms with Crippen molar-refractivity contribution in [2.45, 2.75) is 0 Å². The maximum atomic E-state index is 11.9. The third kappa shape index (κ3) is 1.72. The number of halogens is 2. The standard InChI is InChI=1S/C12H8Cl2N2O2/c1-16-9-4-10(18-2)8(13)3-6(9)11(14)7(5-15)12(16)17/h3-4H,1-2H3. The van der Waals surface area contributed by atoms with Crippen molar-refractivity contribution in [2.75, 3.05) is 7.11 Å². The van der Waals surface area contributed by atoms with Crippen molar-refractivity contribution in [3.8, 4) is 11.8 Å². The fraction of sp³-hybridized carbons (Fsp3) is 0.167. The smallest absolute Gasteiger partial charge is 0.270 e. The number of hydrogen-bond donors (Lipinski definition) is 0. The summed E-state index contributed by atoms with van der Waals surface area (Å²) in [7, 11) is 3.05. The average molecular weight is 283 g/mol. The first-order valence-electron chi connectivity index (χ1n) is 4.97. The summed E-state index contributed by atoms with van der Waals surface area (Å²) in [4.78, 5) is 11.9. The van der Waals surface area contributed by atoms with Gasteiger partial charge in [-0.3, -0.25) is 4.79 Å². The molecule has 0 saturated heterocycles. The first-order valence-corrected chi connectivity index (χ1v) is 5.72. The van der Waals surface area contributed by atoms with E-state index in [-0.39, 0.29) is 10.6 Å². The lowest BCUT2D eigenvalue weighted by Crippen LogP contribution is -2.20. The van der Waals surface area contributed by atoms with E-state index in [2.05, 4.69) is 0 Å². The predicted molar refractivity (Wildman–Crippen MR) is 70.5 cm³/mol. The van der Waals surface area contributed by atoms with Gasteiger partial charge in [-0.25, -0.2) is 0 Å². The Hall–Kier alpha value is -1.70. The van der Waals surface area contributed by atoms with Crippen LogP contribution in [0.25, 0.3) is 10.9 Å². The third-order valence-electron chi connectivity index (χ3n) is 2.72. The van der Waals surface area contributed by atoms with Gasteiger partial charge >= 0.3 is 0 Å². The summed E-state index contributed by atoms with van der Waals surface area (Å²) in [6.45, 7) is 0. The van der Waals surface area contributed by atoms with Gasteiger partial charge in [-0.15, -0.1) is 0 Å². The number of fused-ring (bicyclic) bond motifs is 1. The number of benzene rings is 1. The number of pyridine rings is 1. The highest BCUT2D eigenvalue weighted by Crippen LogP contribution is 2.33.